The van der Waals surface area contributed by atoms with Crippen LogP contribution in [0.3, 0.4) is 0 Å². The lowest BCUT2D eigenvalue weighted by atomic mass is 10.2. The van der Waals surface area contributed by atoms with Crippen molar-refractivity contribution in [2.45, 2.75) is 6.18 Å². The first-order valence-corrected chi connectivity index (χ1v) is 5.36. The van der Waals surface area contributed by atoms with Gasteiger partial charge in [-0.3, -0.25) is 4.79 Å². The van der Waals surface area contributed by atoms with E-state index in [1.807, 2.05) is 0 Å². The van der Waals surface area contributed by atoms with E-state index in [4.69, 9.17) is 4.74 Å². The van der Waals surface area contributed by atoms with Crippen LogP contribution in [0.4, 0.5) is 17.6 Å². The van der Waals surface area contributed by atoms with Crippen LogP contribution in [0.5, 0.6) is 11.6 Å². The van der Waals surface area contributed by atoms with Crippen LogP contribution in [0.25, 0.3) is 0 Å². The van der Waals surface area contributed by atoms with Gasteiger partial charge in [-0.1, -0.05) is 6.07 Å². The molecule has 0 aliphatic rings. The van der Waals surface area contributed by atoms with Crippen molar-refractivity contribution in [3.05, 3.63) is 53.5 Å². The van der Waals surface area contributed by atoms with Gasteiger partial charge < -0.3 is 4.74 Å². The summed E-state index contributed by atoms with van der Waals surface area (Å²) in [6.45, 7) is 0. The fraction of sp³-hybridized carbons (Fsp3) is 0.0769. The minimum atomic E-state index is -4.52. The lowest BCUT2D eigenvalue weighted by Crippen LogP contribution is -2.04. The molecule has 0 saturated carbocycles. The van der Waals surface area contributed by atoms with Gasteiger partial charge in [0.15, 0.2) is 12.1 Å². The van der Waals surface area contributed by atoms with Crippen LogP contribution in [-0.4, -0.2) is 11.3 Å². The molecule has 0 atom stereocenters. The summed E-state index contributed by atoms with van der Waals surface area (Å²) in [5.41, 5.74) is -0.918. The minimum Gasteiger partial charge on any atom is -0.436 e. The standard InChI is InChI=1S/C13H7F4NO2/c14-11-4-8(7-19)6-18-12(11)20-10-3-1-2-9(5-10)13(15,16)17/h1-7H. The molecule has 0 aliphatic heterocycles. The number of alkyl halides is 3. The van der Waals surface area contributed by atoms with E-state index in [1.54, 1.807) is 0 Å². The van der Waals surface area contributed by atoms with Gasteiger partial charge in [-0.05, 0) is 24.3 Å². The molecule has 0 fully saturated rings. The number of hydrogen-bond donors (Lipinski definition) is 0. The van der Waals surface area contributed by atoms with Crippen LogP contribution in [0.1, 0.15) is 15.9 Å². The molecular formula is C13H7F4NO2. The Morgan fingerprint density at radius 3 is 2.55 bits per heavy atom. The average Bonchev–Trinajstić information content (AvgIpc) is 2.40. The second kappa shape index (κ2) is 5.28. The molecule has 1 heterocycles. The van der Waals surface area contributed by atoms with Gasteiger partial charge in [0.25, 0.3) is 5.88 Å². The molecule has 2 rings (SSSR count). The van der Waals surface area contributed by atoms with Gasteiger partial charge in [-0.15, -0.1) is 0 Å². The molecule has 1 aromatic heterocycles. The average molecular weight is 285 g/mol. The Balaban J connectivity index is 2.28. The molecule has 1 aromatic carbocycles. The van der Waals surface area contributed by atoms with Crippen LogP contribution in [0.15, 0.2) is 36.5 Å². The SMILES string of the molecule is O=Cc1cnc(Oc2cccc(C(F)(F)F)c2)c(F)c1. The van der Waals surface area contributed by atoms with Gasteiger partial charge in [0.1, 0.15) is 5.75 Å². The number of pyridine rings is 1. The first-order chi connectivity index (χ1) is 9.40. The number of aromatic nitrogens is 1. The van der Waals surface area contributed by atoms with E-state index in [1.165, 1.54) is 6.07 Å². The van der Waals surface area contributed by atoms with E-state index in [-0.39, 0.29) is 11.3 Å². The lowest BCUT2D eigenvalue weighted by molar-refractivity contribution is -0.137. The van der Waals surface area contributed by atoms with Crippen LogP contribution in [-0.2, 0) is 6.18 Å². The second-order valence-electron chi connectivity index (χ2n) is 3.80. The predicted octanol–water partition coefficient (Wildman–Crippen LogP) is 3.84. The highest BCUT2D eigenvalue weighted by atomic mass is 19.4. The Kier molecular flexibility index (Phi) is 3.69. The summed E-state index contributed by atoms with van der Waals surface area (Å²) < 4.78 is 55.9. The van der Waals surface area contributed by atoms with E-state index in [2.05, 4.69) is 4.98 Å². The third-order valence-electron chi connectivity index (χ3n) is 2.34. The van der Waals surface area contributed by atoms with Crippen molar-refractivity contribution in [3.8, 4) is 11.6 Å². The topological polar surface area (TPSA) is 39.2 Å². The maximum Gasteiger partial charge on any atom is 0.416 e. The highest BCUT2D eigenvalue weighted by molar-refractivity contribution is 5.74. The zero-order valence-corrected chi connectivity index (χ0v) is 9.82. The molecular weight excluding hydrogens is 278 g/mol. The first kappa shape index (κ1) is 14.0. The fourth-order valence-electron chi connectivity index (χ4n) is 1.43. The van der Waals surface area contributed by atoms with Crippen molar-refractivity contribution in [2.24, 2.45) is 0 Å². The zero-order chi connectivity index (χ0) is 14.8. The second-order valence-corrected chi connectivity index (χ2v) is 3.80. The summed E-state index contributed by atoms with van der Waals surface area (Å²) in [6.07, 6.45) is -3.07. The zero-order valence-electron chi connectivity index (χ0n) is 9.82. The summed E-state index contributed by atoms with van der Waals surface area (Å²) in [5.74, 6) is -1.65. The van der Waals surface area contributed by atoms with Crippen molar-refractivity contribution in [1.82, 2.24) is 4.98 Å². The molecule has 2 aromatic rings. The van der Waals surface area contributed by atoms with E-state index in [0.717, 1.165) is 30.5 Å². The molecule has 7 heteroatoms. The van der Waals surface area contributed by atoms with Gasteiger partial charge in [0, 0.05) is 11.8 Å². The Morgan fingerprint density at radius 2 is 1.95 bits per heavy atom. The van der Waals surface area contributed by atoms with Gasteiger partial charge in [-0.2, -0.15) is 13.2 Å². The molecule has 0 N–H and O–H groups in total. The normalized spacial score (nSPS) is 11.2. The quantitative estimate of drug-likeness (QED) is 0.635. The molecule has 0 unspecified atom stereocenters. The summed E-state index contributed by atoms with van der Waals surface area (Å²) in [7, 11) is 0. The maximum absolute atomic E-state index is 13.5. The smallest absolute Gasteiger partial charge is 0.416 e. The number of nitrogens with zero attached hydrogens (tertiary/aromatic N) is 1. The predicted molar refractivity (Wildman–Crippen MR) is 61.1 cm³/mol. The minimum absolute atomic E-state index is 0.00103. The van der Waals surface area contributed by atoms with Crippen molar-refractivity contribution >= 4 is 6.29 Å². The molecule has 0 radical (unpaired) electrons. The van der Waals surface area contributed by atoms with Gasteiger partial charge in [0.2, 0.25) is 0 Å². The van der Waals surface area contributed by atoms with Gasteiger partial charge in [0.05, 0.1) is 5.56 Å². The number of rotatable bonds is 3. The lowest BCUT2D eigenvalue weighted by Gasteiger charge is -2.09. The van der Waals surface area contributed by atoms with Crippen molar-refractivity contribution < 1.29 is 27.1 Å². The van der Waals surface area contributed by atoms with Crippen LogP contribution in [0, 0.1) is 5.82 Å². The number of benzene rings is 1. The summed E-state index contributed by atoms with van der Waals surface area (Å²) in [5, 5.41) is 0. The Morgan fingerprint density at radius 1 is 1.20 bits per heavy atom. The third-order valence-corrected chi connectivity index (χ3v) is 2.34. The summed E-state index contributed by atoms with van der Waals surface area (Å²) >= 11 is 0. The maximum atomic E-state index is 13.5. The molecule has 0 spiro atoms. The van der Waals surface area contributed by atoms with Gasteiger partial charge >= 0.3 is 6.18 Å². The molecule has 0 saturated heterocycles. The number of halogens is 4. The van der Waals surface area contributed by atoms with Crippen LogP contribution < -0.4 is 4.74 Å². The van der Waals surface area contributed by atoms with Crippen LogP contribution >= 0.6 is 0 Å². The number of hydrogen-bond acceptors (Lipinski definition) is 3. The monoisotopic (exact) mass is 285 g/mol. The summed E-state index contributed by atoms with van der Waals surface area (Å²) in [6, 6.07) is 4.85. The molecule has 104 valence electrons. The molecule has 0 bridgehead atoms. The Bertz CT molecular complexity index is 641. The fourth-order valence-corrected chi connectivity index (χ4v) is 1.43. The number of carbonyl (C=O) groups is 1. The number of carbonyl (C=O) groups excluding carboxylic acids is 1. The molecule has 3 nitrogen and oxygen atoms in total. The molecule has 0 amide bonds. The van der Waals surface area contributed by atoms with Gasteiger partial charge in [-0.25, -0.2) is 9.37 Å². The van der Waals surface area contributed by atoms with E-state index in [0.29, 0.717) is 6.29 Å². The van der Waals surface area contributed by atoms with E-state index >= 15 is 0 Å². The third kappa shape index (κ3) is 3.11. The van der Waals surface area contributed by atoms with E-state index in [9.17, 15) is 22.4 Å². The van der Waals surface area contributed by atoms with Crippen LogP contribution in [0.2, 0.25) is 0 Å². The largest absolute Gasteiger partial charge is 0.436 e. The number of ether oxygens (including phenoxy) is 1. The first-order valence-electron chi connectivity index (χ1n) is 5.36. The van der Waals surface area contributed by atoms with Crippen molar-refractivity contribution in [2.75, 3.05) is 0 Å². The Hall–Kier alpha value is -2.44. The van der Waals surface area contributed by atoms with E-state index < -0.39 is 23.4 Å². The number of aldehydes is 1. The van der Waals surface area contributed by atoms with Crippen molar-refractivity contribution in [3.63, 3.8) is 0 Å². The highest BCUT2D eigenvalue weighted by Crippen LogP contribution is 2.32. The highest BCUT2D eigenvalue weighted by Gasteiger charge is 2.30. The molecule has 20 heavy (non-hydrogen) atoms. The van der Waals surface area contributed by atoms with Crippen molar-refractivity contribution in [1.29, 1.82) is 0 Å². The Labute approximate surface area is 110 Å². The summed E-state index contributed by atoms with van der Waals surface area (Å²) in [4.78, 5) is 13.9. The molecule has 0 aliphatic carbocycles.